The fraction of sp³-hybridized carbons (Fsp3) is 0.312. The summed E-state index contributed by atoms with van der Waals surface area (Å²) in [6.45, 7) is 1.94. The Morgan fingerprint density at radius 1 is 1.41 bits per heavy atom. The normalized spacial score (nSPS) is 15.3. The molecule has 1 aromatic heterocycles. The third-order valence-corrected chi connectivity index (χ3v) is 5.43. The highest BCUT2D eigenvalue weighted by molar-refractivity contribution is 8.14. The van der Waals surface area contributed by atoms with Gasteiger partial charge in [0.1, 0.15) is 5.82 Å². The molecule has 1 fully saturated rings. The van der Waals surface area contributed by atoms with E-state index in [2.05, 4.69) is 15.5 Å². The fourth-order valence-corrected chi connectivity index (χ4v) is 3.70. The van der Waals surface area contributed by atoms with Crippen molar-refractivity contribution in [2.45, 2.75) is 17.4 Å². The summed E-state index contributed by atoms with van der Waals surface area (Å²) in [6.07, 6.45) is 0. The molecule has 0 saturated carbocycles. The van der Waals surface area contributed by atoms with Crippen molar-refractivity contribution in [2.75, 3.05) is 18.8 Å². The zero-order valence-corrected chi connectivity index (χ0v) is 15.8. The molecule has 2 heterocycles. The van der Waals surface area contributed by atoms with Gasteiger partial charge in [-0.2, -0.15) is 0 Å². The van der Waals surface area contributed by atoms with Gasteiger partial charge in [-0.1, -0.05) is 35.7 Å². The Bertz CT molecular complexity index is 860. The molecule has 0 aliphatic carbocycles. The zero-order chi connectivity index (χ0) is 19.4. The highest BCUT2D eigenvalue weighted by atomic mass is 32.2. The number of thioether (sulfide) groups is 2. The lowest BCUT2D eigenvalue weighted by molar-refractivity contribution is -0.125. The number of imide groups is 1. The van der Waals surface area contributed by atoms with E-state index in [9.17, 15) is 18.8 Å². The van der Waals surface area contributed by atoms with Crippen LogP contribution in [0.25, 0.3) is 11.5 Å². The predicted octanol–water partition coefficient (Wildman–Crippen LogP) is 2.17. The molecule has 1 aliphatic rings. The second kappa shape index (κ2) is 8.53. The Kier molecular flexibility index (Phi) is 6.11. The standard InChI is InChI=1S/C16H15FN4O4S2/c1-9(13(23)18-6-7-21-12(22)8-26-16(21)24)27-15-20-19-14(25-15)10-4-2-3-5-11(10)17/h2-5,9H,6-8H2,1H3,(H,18,23)/t9-/m1/s1. The van der Waals surface area contributed by atoms with Crippen LogP contribution in [0.5, 0.6) is 0 Å². The van der Waals surface area contributed by atoms with Crippen LogP contribution >= 0.6 is 23.5 Å². The van der Waals surface area contributed by atoms with Gasteiger partial charge >= 0.3 is 0 Å². The first-order valence-electron chi connectivity index (χ1n) is 7.95. The minimum atomic E-state index is -0.557. The first kappa shape index (κ1) is 19.4. The van der Waals surface area contributed by atoms with Crippen LogP contribution < -0.4 is 5.32 Å². The van der Waals surface area contributed by atoms with Crippen molar-refractivity contribution < 1.29 is 23.2 Å². The van der Waals surface area contributed by atoms with E-state index in [4.69, 9.17) is 4.42 Å². The molecular formula is C16H15FN4O4S2. The van der Waals surface area contributed by atoms with Gasteiger partial charge in [-0.3, -0.25) is 19.3 Å². The molecule has 0 radical (unpaired) electrons. The van der Waals surface area contributed by atoms with E-state index >= 15 is 0 Å². The van der Waals surface area contributed by atoms with Crippen molar-refractivity contribution in [2.24, 2.45) is 0 Å². The molecule has 1 aromatic carbocycles. The minimum Gasteiger partial charge on any atom is -0.411 e. The Hall–Kier alpha value is -2.40. The summed E-state index contributed by atoms with van der Waals surface area (Å²) >= 11 is 1.98. The molecule has 1 atom stereocenters. The number of benzene rings is 1. The Balaban J connectivity index is 1.51. The summed E-state index contributed by atoms with van der Waals surface area (Å²) < 4.78 is 19.2. The summed E-state index contributed by atoms with van der Waals surface area (Å²) in [5, 5.41) is 9.55. The number of aromatic nitrogens is 2. The van der Waals surface area contributed by atoms with Crippen molar-refractivity contribution >= 4 is 40.6 Å². The highest BCUT2D eigenvalue weighted by Crippen LogP contribution is 2.27. The number of hydrogen-bond donors (Lipinski definition) is 1. The summed E-state index contributed by atoms with van der Waals surface area (Å²) in [5.41, 5.74) is 0.187. The second-order valence-corrected chi connectivity index (χ2v) is 7.72. The molecule has 8 nitrogen and oxygen atoms in total. The van der Waals surface area contributed by atoms with Crippen molar-refractivity contribution in [1.82, 2.24) is 20.4 Å². The first-order chi connectivity index (χ1) is 13.0. The van der Waals surface area contributed by atoms with Crippen molar-refractivity contribution in [3.63, 3.8) is 0 Å². The van der Waals surface area contributed by atoms with Crippen molar-refractivity contribution in [3.8, 4) is 11.5 Å². The van der Waals surface area contributed by atoms with E-state index in [1.165, 1.54) is 12.1 Å². The Morgan fingerprint density at radius 2 is 2.19 bits per heavy atom. The number of carbonyl (C=O) groups is 3. The molecule has 3 amide bonds. The molecule has 1 aliphatic heterocycles. The highest BCUT2D eigenvalue weighted by Gasteiger charge is 2.29. The van der Waals surface area contributed by atoms with Gasteiger partial charge in [0.25, 0.3) is 16.4 Å². The second-order valence-electron chi connectivity index (χ2n) is 5.50. The Morgan fingerprint density at radius 3 is 2.89 bits per heavy atom. The third-order valence-electron chi connectivity index (χ3n) is 3.63. The minimum absolute atomic E-state index is 0.0340. The van der Waals surface area contributed by atoms with Gasteiger partial charge in [0.05, 0.1) is 16.6 Å². The lowest BCUT2D eigenvalue weighted by atomic mass is 10.2. The molecule has 11 heteroatoms. The van der Waals surface area contributed by atoms with Crippen LogP contribution in [0.3, 0.4) is 0 Å². The molecule has 2 aromatic rings. The molecule has 142 valence electrons. The maximum atomic E-state index is 13.7. The van der Waals surface area contributed by atoms with E-state index in [1.54, 1.807) is 19.1 Å². The van der Waals surface area contributed by atoms with Crippen molar-refractivity contribution in [1.29, 1.82) is 0 Å². The van der Waals surface area contributed by atoms with Gasteiger partial charge in [-0.05, 0) is 19.1 Å². The van der Waals surface area contributed by atoms with E-state index in [-0.39, 0.29) is 52.6 Å². The van der Waals surface area contributed by atoms with Gasteiger partial charge in [0, 0.05) is 13.1 Å². The van der Waals surface area contributed by atoms with Crippen LogP contribution in [-0.2, 0) is 9.59 Å². The molecule has 1 N–H and O–H groups in total. The zero-order valence-electron chi connectivity index (χ0n) is 14.2. The van der Waals surface area contributed by atoms with Crippen LogP contribution in [0.15, 0.2) is 33.9 Å². The van der Waals surface area contributed by atoms with Crippen LogP contribution in [-0.4, -0.2) is 56.2 Å². The van der Waals surface area contributed by atoms with Gasteiger partial charge in [-0.25, -0.2) is 4.39 Å². The molecule has 1 saturated heterocycles. The SMILES string of the molecule is C[C@@H](Sc1nnc(-c2ccccc2F)o1)C(=O)NCCN1C(=O)CSC1=O. The van der Waals surface area contributed by atoms with Crippen molar-refractivity contribution in [3.05, 3.63) is 30.1 Å². The van der Waals surface area contributed by atoms with E-state index in [0.29, 0.717) is 0 Å². The Labute approximate surface area is 162 Å². The molecule has 0 unspecified atom stereocenters. The third kappa shape index (κ3) is 4.66. The van der Waals surface area contributed by atoms with Crippen LogP contribution in [0.1, 0.15) is 6.92 Å². The fourth-order valence-electron chi connectivity index (χ4n) is 2.24. The maximum absolute atomic E-state index is 13.7. The smallest absolute Gasteiger partial charge is 0.288 e. The van der Waals surface area contributed by atoms with Crippen LogP contribution in [0.2, 0.25) is 0 Å². The van der Waals surface area contributed by atoms with Crippen LogP contribution in [0.4, 0.5) is 9.18 Å². The monoisotopic (exact) mass is 410 g/mol. The molecule has 3 rings (SSSR count). The number of halogens is 1. The summed E-state index contributed by atoms with van der Waals surface area (Å²) in [6, 6.07) is 6.02. The molecular weight excluding hydrogens is 395 g/mol. The summed E-state index contributed by atoms with van der Waals surface area (Å²) in [4.78, 5) is 36.2. The topological polar surface area (TPSA) is 105 Å². The first-order valence-corrected chi connectivity index (χ1v) is 9.82. The number of carbonyl (C=O) groups excluding carboxylic acids is 3. The molecule has 0 spiro atoms. The largest absolute Gasteiger partial charge is 0.411 e. The van der Waals surface area contributed by atoms with E-state index in [1.807, 2.05) is 0 Å². The summed E-state index contributed by atoms with van der Waals surface area (Å²) in [7, 11) is 0. The lowest BCUT2D eigenvalue weighted by Gasteiger charge is -2.14. The predicted molar refractivity (Wildman–Crippen MR) is 97.6 cm³/mol. The number of hydrogen-bond acceptors (Lipinski definition) is 8. The number of rotatable bonds is 7. The van der Waals surface area contributed by atoms with Gasteiger partial charge in [0.2, 0.25) is 11.8 Å². The molecule has 0 bridgehead atoms. The number of amides is 3. The molecule has 27 heavy (non-hydrogen) atoms. The lowest BCUT2D eigenvalue weighted by Crippen LogP contribution is -2.39. The average molecular weight is 410 g/mol. The average Bonchev–Trinajstić information content (AvgIpc) is 3.23. The number of nitrogens with zero attached hydrogens (tertiary/aromatic N) is 3. The number of nitrogens with one attached hydrogen (secondary N) is 1. The van der Waals surface area contributed by atoms with E-state index < -0.39 is 11.1 Å². The van der Waals surface area contributed by atoms with E-state index in [0.717, 1.165) is 28.4 Å². The van der Waals surface area contributed by atoms with Crippen LogP contribution in [0, 0.1) is 5.82 Å². The van der Waals surface area contributed by atoms with Gasteiger partial charge < -0.3 is 9.73 Å². The maximum Gasteiger partial charge on any atom is 0.288 e. The van der Waals surface area contributed by atoms with Gasteiger partial charge in [0.15, 0.2) is 0 Å². The van der Waals surface area contributed by atoms with Gasteiger partial charge in [-0.15, -0.1) is 10.2 Å². The summed E-state index contributed by atoms with van der Waals surface area (Å²) in [5.74, 6) is -0.870. The quantitative estimate of drug-likeness (QED) is 0.693.